The number of ketones is 1. The van der Waals surface area contributed by atoms with Crippen LogP contribution in [0.25, 0.3) is 10.8 Å². The first kappa shape index (κ1) is 21.6. The molecule has 0 spiro atoms. The summed E-state index contributed by atoms with van der Waals surface area (Å²) in [5.74, 6) is 0.819. The summed E-state index contributed by atoms with van der Waals surface area (Å²) >= 11 is 0. The molecule has 30 heavy (non-hydrogen) atoms. The summed E-state index contributed by atoms with van der Waals surface area (Å²) in [5, 5.41) is 1.71. The number of hydrogen-bond donors (Lipinski definition) is 0. The van der Waals surface area contributed by atoms with Crippen molar-refractivity contribution in [2.24, 2.45) is 0 Å². The fourth-order valence-corrected chi connectivity index (χ4v) is 3.83. The third-order valence-electron chi connectivity index (χ3n) is 5.17. The normalized spacial score (nSPS) is 12.9. The Morgan fingerprint density at radius 1 is 1.00 bits per heavy atom. The van der Waals surface area contributed by atoms with Gasteiger partial charge in [-0.3, -0.25) is 4.79 Å². The van der Waals surface area contributed by atoms with E-state index in [0.29, 0.717) is 36.7 Å². The molecule has 0 aromatic heterocycles. The summed E-state index contributed by atoms with van der Waals surface area (Å²) < 4.78 is 17.8. The fraction of sp³-hybridized carbons (Fsp3) is 0.269. The molecule has 0 aliphatic rings. The molecule has 0 amide bonds. The van der Waals surface area contributed by atoms with E-state index in [1.165, 1.54) is 0 Å². The molecule has 3 rings (SSSR count). The van der Waals surface area contributed by atoms with Crippen molar-refractivity contribution >= 4 is 16.6 Å². The van der Waals surface area contributed by atoms with E-state index in [-0.39, 0.29) is 5.78 Å². The summed E-state index contributed by atoms with van der Waals surface area (Å²) in [6.45, 7) is 8.55. The molecule has 0 aliphatic carbocycles. The molecular formula is C26H28O4. The standard InChI is InChI=1S/C26H28O4/c1-5-17-26(28-4,20-14-9-8-10-15-20)25(27)23-21-16-12-11-13-19(21)18-22(29-6-2)24(23)30-7-3/h5,8-16,18H,1,6-7,17H2,2-4H3. The Morgan fingerprint density at radius 2 is 1.67 bits per heavy atom. The van der Waals surface area contributed by atoms with Crippen molar-refractivity contribution in [3.63, 3.8) is 0 Å². The second-order valence-corrected chi connectivity index (χ2v) is 6.89. The molecule has 156 valence electrons. The molecule has 3 aromatic carbocycles. The summed E-state index contributed by atoms with van der Waals surface area (Å²) in [6.07, 6.45) is 2.04. The molecule has 1 atom stereocenters. The summed E-state index contributed by atoms with van der Waals surface area (Å²) in [4.78, 5) is 14.2. The monoisotopic (exact) mass is 404 g/mol. The molecular weight excluding hydrogens is 376 g/mol. The van der Waals surface area contributed by atoms with Gasteiger partial charge in [0.1, 0.15) is 0 Å². The highest BCUT2D eigenvalue weighted by Crippen LogP contribution is 2.43. The number of carbonyl (C=O) groups is 1. The number of methoxy groups -OCH3 is 1. The molecule has 3 aromatic rings. The van der Waals surface area contributed by atoms with Gasteiger partial charge in [-0.25, -0.2) is 0 Å². The van der Waals surface area contributed by atoms with Gasteiger partial charge in [0, 0.05) is 13.5 Å². The maximum atomic E-state index is 14.2. The summed E-state index contributed by atoms with van der Waals surface area (Å²) in [6, 6.07) is 19.2. The van der Waals surface area contributed by atoms with Crippen LogP contribution in [-0.4, -0.2) is 26.1 Å². The lowest BCUT2D eigenvalue weighted by molar-refractivity contribution is 0.000489. The molecule has 0 N–H and O–H groups in total. The Bertz CT molecular complexity index is 1030. The van der Waals surface area contributed by atoms with Gasteiger partial charge in [0.25, 0.3) is 0 Å². The van der Waals surface area contributed by atoms with Gasteiger partial charge in [0.05, 0.1) is 18.8 Å². The second-order valence-electron chi connectivity index (χ2n) is 6.89. The quantitative estimate of drug-likeness (QED) is 0.310. The molecule has 0 fully saturated rings. The number of carbonyl (C=O) groups excluding carboxylic acids is 1. The van der Waals surface area contributed by atoms with Crippen LogP contribution >= 0.6 is 0 Å². The average molecular weight is 405 g/mol. The maximum Gasteiger partial charge on any atom is 0.203 e. The van der Waals surface area contributed by atoms with E-state index in [1.807, 2.05) is 74.5 Å². The SMILES string of the molecule is C=CCC(OC)(C(=O)c1c(OCC)c(OCC)cc2ccccc12)c1ccccc1. The zero-order chi connectivity index (χ0) is 21.6. The van der Waals surface area contributed by atoms with Crippen LogP contribution < -0.4 is 9.47 Å². The van der Waals surface area contributed by atoms with Crippen LogP contribution in [-0.2, 0) is 10.3 Å². The van der Waals surface area contributed by atoms with Gasteiger partial charge in [0.15, 0.2) is 17.1 Å². The minimum atomic E-state index is -1.22. The number of ether oxygens (including phenoxy) is 3. The van der Waals surface area contributed by atoms with Gasteiger partial charge < -0.3 is 14.2 Å². The van der Waals surface area contributed by atoms with Crippen molar-refractivity contribution in [3.8, 4) is 11.5 Å². The molecule has 0 saturated heterocycles. The van der Waals surface area contributed by atoms with Crippen LogP contribution in [0.1, 0.15) is 36.2 Å². The van der Waals surface area contributed by atoms with E-state index >= 15 is 0 Å². The first-order chi connectivity index (χ1) is 14.6. The Kier molecular flexibility index (Phi) is 6.91. The van der Waals surface area contributed by atoms with Crippen molar-refractivity contribution < 1.29 is 19.0 Å². The van der Waals surface area contributed by atoms with Crippen LogP contribution in [0.4, 0.5) is 0 Å². The Balaban J connectivity index is 2.35. The third-order valence-corrected chi connectivity index (χ3v) is 5.17. The van der Waals surface area contributed by atoms with Gasteiger partial charge in [-0.05, 0) is 36.2 Å². The first-order valence-electron chi connectivity index (χ1n) is 10.2. The van der Waals surface area contributed by atoms with Gasteiger partial charge >= 0.3 is 0 Å². The van der Waals surface area contributed by atoms with E-state index in [0.717, 1.165) is 16.3 Å². The van der Waals surface area contributed by atoms with Gasteiger partial charge in [-0.1, -0.05) is 60.7 Å². The Morgan fingerprint density at radius 3 is 2.30 bits per heavy atom. The molecule has 0 bridgehead atoms. The van der Waals surface area contributed by atoms with Crippen molar-refractivity contribution in [1.82, 2.24) is 0 Å². The zero-order valence-electron chi connectivity index (χ0n) is 17.8. The number of fused-ring (bicyclic) bond motifs is 1. The highest BCUT2D eigenvalue weighted by Gasteiger charge is 2.42. The van der Waals surface area contributed by atoms with Crippen molar-refractivity contribution in [2.75, 3.05) is 20.3 Å². The number of rotatable bonds is 10. The molecule has 0 saturated carbocycles. The first-order valence-corrected chi connectivity index (χ1v) is 10.2. The predicted molar refractivity (Wildman–Crippen MR) is 121 cm³/mol. The maximum absolute atomic E-state index is 14.2. The largest absolute Gasteiger partial charge is 0.490 e. The molecule has 0 heterocycles. The van der Waals surface area contributed by atoms with Crippen LogP contribution in [0.2, 0.25) is 0 Å². The number of benzene rings is 3. The van der Waals surface area contributed by atoms with Crippen LogP contribution in [0, 0.1) is 0 Å². The predicted octanol–water partition coefficient (Wildman–Crippen LogP) is 5.94. The summed E-state index contributed by atoms with van der Waals surface area (Å²) in [5.41, 5.74) is 0.0133. The van der Waals surface area contributed by atoms with Gasteiger partial charge in [0.2, 0.25) is 5.78 Å². The Labute approximate surface area is 178 Å². The lowest BCUT2D eigenvalue weighted by Crippen LogP contribution is -2.38. The van der Waals surface area contributed by atoms with E-state index in [9.17, 15) is 4.79 Å². The van der Waals surface area contributed by atoms with Crippen LogP contribution in [0.3, 0.4) is 0 Å². The smallest absolute Gasteiger partial charge is 0.203 e. The van der Waals surface area contributed by atoms with E-state index in [4.69, 9.17) is 14.2 Å². The van der Waals surface area contributed by atoms with Gasteiger partial charge in [-0.15, -0.1) is 6.58 Å². The lowest BCUT2D eigenvalue weighted by Gasteiger charge is -2.32. The topological polar surface area (TPSA) is 44.8 Å². The van der Waals surface area contributed by atoms with Crippen molar-refractivity contribution in [3.05, 3.63) is 84.4 Å². The summed E-state index contributed by atoms with van der Waals surface area (Å²) in [7, 11) is 1.56. The minimum Gasteiger partial charge on any atom is -0.490 e. The van der Waals surface area contributed by atoms with Crippen LogP contribution in [0.15, 0.2) is 73.3 Å². The molecule has 1 unspecified atom stereocenters. The average Bonchev–Trinajstić information content (AvgIpc) is 2.78. The lowest BCUT2D eigenvalue weighted by atomic mass is 9.81. The van der Waals surface area contributed by atoms with Gasteiger partial charge in [-0.2, -0.15) is 0 Å². The molecule has 0 aliphatic heterocycles. The zero-order valence-corrected chi connectivity index (χ0v) is 17.8. The van der Waals surface area contributed by atoms with E-state index in [1.54, 1.807) is 13.2 Å². The molecule has 4 heteroatoms. The second kappa shape index (κ2) is 9.59. The highest BCUT2D eigenvalue weighted by atomic mass is 16.5. The molecule has 0 radical (unpaired) electrons. The Hall–Kier alpha value is -3.11. The van der Waals surface area contributed by atoms with Crippen LogP contribution in [0.5, 0.6) is 11.5 Å². The van der Waals surface area contributed by atoms with Crippen molar-refractivity contribution in [1.29, 1.82) is 0 Å². The van der Waals surface area contributed by atoms with Crippen molar-refractivity contribution in [2.45, 2.75) is 25.9 Å². The highest BCUT2D eigenvalue weighted by molar-refractivity contribution is 6.15. The number of hydrogen-bond acceptors (Lipinski definition) is 4. The fourth-order valence-electron chi connectivity index (χ4n) is 3.83. The minimum absolute atomic E-state index is 0.183. The third kappa shape index (κ3) is 3.83. The van der Waals surface area contributed by atoms with E-state index < -0.39 is 5.60 Å². The number of Topliss-reactive ketones (excluding diaryl/α,β-unsaturated/α-hetero) is 1. The van der Waals surface area contributed by atoms with E-state index in [2.05, 4.69) is 6.58 Å². The molecule has 4 nitrogen and oxygen atoms in total.